The second-order valence-corrected chi connectivity index (χ2v) is 5.08. The third-order valence-electron chi connectivity index (χ3n) is 2.84. The van der Waals surface area contributed by atoms with Crippen molar-refractivity contribution in [3.05, 3.63) is 65.3 Å². The van der Waals surface area contributed by atoms with E-state index in [0.29, 0.717) is 0 Å². The second-order valence-electron chi connectivity index (χ2n) is 4.17. The molecule has 3 aromatic rings. The molecule has 94 valence electrons. The molecule has 19 heavy (non-hydrogen) atoms. The molecule has 0 aliphatic heterocycles. The molecule has 3 nitrogen and oxygen atoms in total. The van der Waals surface area contributed by atoms with Crippen LogP contribution in [-0.4, -0.2) is 14.9 Å². The van der Waals surface area contributed by atoms with Crippen LogP contribution in [0, 0.1) is 0 Å². The van der Waals surface area contributed by atoms with Crippen molar-refractivity contribution >= 4 is 15.9 Å². The lowest BCUT2D eigenvalue weighted by molar-refractivity contribution is 0.475. The number of rotatable bonds is 2. The van der Waals surface area contributed by atoms with E-state index in [2.05, 4.69) is 21.0 Å². The van der Waals surface area contributed by atoms with Crippen LogP contribution in [0.3, 0.4) is 0 Å². The van der Waals surface area contributed by atoms with Crippen LogP contribution < -0.4 is 0 Å². The fourth-order valence-electron chi connectivity index (χ4n) is 1.85. The molecule has 2 aromatic carbocycles. The lowest BCUT2D eigenvalue weighted by Crippen LogP contribution is -1.94. The van der Waals surface area contributed by atoms with E-state index >= 15 is 0 Å². The van der Waals surface area contributed by atoms with E-state index in [1.165, 1.54) is 0 Å². The third kappa shape index (κ3) is 2.53. The Kier molecular flexibility index (Phi) is 3.09. The molecule has 4 heteroatoms. The van der Waals surface area contributed by atoms with Gasteiger partial charge in [-0.15, -0.1) is 0 Å². The third-order valence-corrected chi connectivity index (χ3v) is 3.37. The van der Waals surface area contributed by atoms with E-state index in [9.17, 15) is 5.11 Å². The van der Waals surface area contributed by atoms with Crippen molar-refractivity contribution in [2.24, 2.45) is 0 Å². The standard InChI is InChI=1S/C15H11BrN2O/c16-12-3-1-11(2-4-12)15-9-10-18(17-15)13-5-7-14(19)8-6-13/h1-10,19H. The average Bonchev–Trinajstić information content (AvgIpc) is 2.90. The van der Waals surface area contributed by atoms with Crippen LogP contribution in [0.15, 0.2) is 65.3 Å². The highest BCUT2D eigenvalue weighted by atomic mass is 79.9. The number of hydrogen-bond acceptors (Lipinski definition) is 2. The van der Waals surface area contributed by atoms with Crippen LogP contribution in [-0.2, 0) is 0 Å². The van der Waals surface area contributed by atoms with Crippen molar-refractivity contribution in [1.82, 2.24) is 9.78 Å². The van der Waals surface area contributed by atoms with Gasteiger partial charge < -0.3 is 5.11 Å². The van der Waals surface area contributed by atoms with Gasteiger partial charge in [0, 0.05) is 16.2 Å². The summed E-state index contributed by atoms with van der Waals surface area (Å²) in [6.45, 7) is 0. The van der Waals surface area contributed by atoms with Gasteiger partial charge in [-0.1, -0.05) is 28.1 Å². The predicted molar refractivity (Wildman–Crippen MR) is 78.4 cm³/mol. The van der Waals surface area contributed by atoms with Crippen molar-refractivity contribution in [2.45, 2.75) is 0 Å². The quantitative estimate of drug-likeness (QED) is 0.776. The molecule has 0 aliphatic rings. The summed E-state index contributed by atoms with van der Waals surface area (Å²) in [5, 5.41) is 13.8. The Balaban J connectivity index is 1.95. The fourth-order valence-corrected chi connectivity index (χ4v) is 2.11. The van der Waals surface area contributed by atoms with Gasteiger partial charge in [-0.05, 0) is 42.5 Å². The summed E-state index contributed by atoms with van der Waals surface area (Å²) in [4.78, 5) is 0. The molecule has 3 rings (SSSR count). The lowest BCUT2D eigenvalue weighted by Gasteiger charge is -2.01. The molecular formula is C15H11BrN2O. The molecule has 0 unspecified atom stereocenters. The first kappa shape index (κ1) is 12.0. The first-order valence-corrected chi connectivity index (χ1v) is 6.63. The normalized spacial score (nSPS) is 10.6. The van der Waals surface area contributed by atoms with E-state index < -0.39 is 0 Å². The predicted octanol–water partition coefficient (Wildman–Crippen LogP) is 4.01. The zero-order valence-electron chi connectivity index (χ0n) is 9.99. The largest absolute Gasteiger partial charge is 0.508 e. The van der Waals surface area contributed by atoms with E-state index in [-0.39, 0.29) is 5.75 Å². The van der Waals surface area contributed by atoms with Crippen LogP contribution in [0.2, 0.25) is 0 Å². The van der Waals surface area contributed by atoms with Crippen molar-refractivity contribution in [3.63, 3.8) is 0 Å². The number of hydrogen-bond donors (Lipinski definition) is 1. The van der Waals surface area contributed by atoms with Gasteiger partial charge in [0.15, 0.2) is 0 Å². The molecule has 1 heterocycles. The van der Waals surface area contributed by atoms with Gasteiger partial charge in [-0.25, -0.2) is 4.68 Å². The van der Waals surface area contributed by atoms with Gasteiger partial charge in [-0.2, -0.15) is 5.10 Å². The Hall–Kier alpha value is -2.07. The van der Waals surface area contributed by atoms with Crippen LogP contribution >= 0.6 is 15.9 Å². The van der Waals surface area contributed by atoms with Crippen molar-refractivity contribution in [2.75, 3.05) is 0 Å². The summed E-state index contributed by atoms with van der Waals surface area (Å²) < 4.78 is 2.84. The minimum absolute atomic E-state index is 0.254. The van der Waals surface area contributed by atoms with Gasteiger partial charge in [0.25, 0.3) is 0 Å². The number of aromatic hydroxyl groups is 1. The van der Waals surface area contributed by atoms with Gasteiger partial charge in [0.2, 0.25) is 0 Å². The lowest BCUT2D eigenvalue weighted by atomic mass is 10.2. The zero-order valence-corrected chi connectivity index (χ0v) is 11.6. The van der Waals surface area contributed by atoms with E-state index in [1.54, 1.807) is 16.8 Å². The van der Waals surface area contributed by atoms with Crippen molar-refractivity contribution < 1.29 is 5.11 Å². The van der Waals surface area contributed by atoms with Crippen LogP contribution in [0.4, 0.5) is 0 Å². The molecule has 0 saturated heterocycles. The first-order valence-electron chi connectivity index (χ1n) is 5.83. The summed E-state index contributed by atoms with van der Waals surface area (Å²) in [5.74, 6) is 0.254. The molecule has 1 aromatic heterocycles. The number of benzene rings is 2. The maximum atomic E-state index is 9.28. The van der Waals surface area contributed by atoms with Gasteiger partial charge >= 0.3 is 0 Å². The Morgan fingerprint density at radius 1 is 0.895 bits per heavy atom. The van der Waals surface area contributed by atoms with E-state index in [4.69, 9.17) is 0 Å². The molecular weight excluding hydrogens is 304 g/mol. The maximum Gasteiger partial charge on any atom is 0.115 e. The Morgan fingerprint density at radius 2 is 1.58 bits per heavy atom. The van der Waals surface area contributed by atoms with E-state index in [1.807, 2.05) is 48.7 Å². The maximum absolute atomic E-state index is 9.28. The molecule has 0 amide bonds. The summed E-state index contributed by atoms with van der Waals surface area (Å²) in [7, 11) is 0. The second kappa shape index (κ2) is 4.90. The number of aromatic nitrogens is 2. The van der Waals surface area contributed by atoms with Crippen LogP contribution in [0.1, 0.15) is 0 Å². The number of phenolic OH excluding ortho intramolecular Hbond substituents is 1. The average molecular weight is 315 g/mol. The first-order chi connectivity index (χ1) is 9.22. The van der Waals surface area contributed by atoms with Gasteiger partial charge in [0.05, 0.1) is 11.4 Å². The highest BCUT2D eigenvalue weighted by molar-refractivity contribution is 9.10. The fraction of sp³-hybridized carbons (Fsp3) is 0. The molecule has 0 aliphatic carbocycles. The summed E-state index contributed by atoms with van der Waals surface area (Å²) >= 11 is 3.42. The summed E-state index contributed by atoms with van der Waals surface area (Å²) in [6, 6.07) is 17.0. The van der Waals surface area contributed by atoms with Crippen molar-refractivity contribution in [1.29, 1.82) is 0 Å². The molecule has 0 bridgehead atoms. The highest BCUT2D eigenvalue weighted by Gasteiger charge is 2.03. The van der Waals surface area contributed by atoms with E-state index in [0.717, 1.165) is 21.4 Å². The minimum atomic E-state index is 0.254. The molecule has 0 spiro atoms. The molecule has 1 N–H and O–H groups in total. The minimum Gasteiger partial charge on any atom is -0.508 e. The Labute approximate surface area is 119 Å². The van der Waals surface area contributed by atoms with Crippen LogP contribution in [0.25, 0.3) is 16.9 Å². The topological polar surface area (TPSA) is 38.0 Å². The number of nitrogens with zero attached hydrogens (tertiary/aromatic N) is 2. The number of phenols is 1. The van der Waals surface area contributed by atoms with Crippen LogP contribution in [0.5, 0.6) is 5.75 Å². The highest BCUT2D eigenvalue weighted by Crippen LogP contribution is 2.21. The SMILES string of the molecule is Oc1ccc(-n2ccc(-c3ccc(Br)cc3)n2)cc1. The molecule has 0 saturated carbocycles. The molecule has 0 radical (unpaired) electrons. The van der Waals surface area contributed by atoms with Gasteiger partial charge in [-0.3, -0.25) is 0 Å². The number of halogens is 1. The molecule has 0 atom stereocenters. The monoisotopic (exact) mass is 314 g/mol. The van der Waals surface area contributed by atoms with Gasteiger partial charge in [0.1, 0.15) is 5.75 Å². The Bertz CT molecular complexity index is 627. The Morgan fingerprint density at radius 3 is 2.26 bits per heavy atom. The summed E-state index contributed by atoms with van der Waals surface area (Å²) in [6.07, 6.45) is 1.91. The van der Waals surface area contributed by atoms with Crippen molar-refractivity contribution in [3.8, 4) is 22.7 Å². The molecule has 0 fully saturated rings. The zero-order chi connectivity index (χ0) is 13.2. The smallest absolute Gasteiger partial charge is 0.115 e. The summed E-state index contributed by atoms with van der Waals surface area (Å²) in [5.41, 5.74) is 2.91.